The Hall–Kier alpha value is -2.11. The van der Waals surface area contributed by atoms with Gasteiger partial charge in [0.2, 0.25) is 0 Å². The van der Waals surface area contributed by atoms with Crippen LogP contribution in [0.4, 0.5) is 0 Å². The average Bonchev–Trinajstić information content (AvgIpc) is 2.96. The van der Waals surface area contributed by atoms with Crippen LogP contribution in [-0.4, -0.2) is 37.4 Å². The summed E-state index contributed by atoms with van der Waals surface area (Å²) >= 11 is 0. The predicted octanol–water partition coefficient (Wildman–Crippen LogP) is 0.909. The van der Waals surface area contributed by atoms with Crippen molar-refractivity contribution in [2.75, 3.05) is 7.05 Å². The second-order valence-electron chi connectivity index (χ2n) is 4.14. The molecule has 0 aromatic carbocycles. The van der Waals surface area contributed by atoms with Gasteiger partial charge in [0.15, 0.2) is 0 Å². The quantitative estimate of drug-likeness (QED) is 0.807. The lowest BCUT2D eigenvalue weighted by molar-refractivity contribution is 0.0770. The number of carbonyl (C=O) groups is 1. The summed E-state index contributed by atoms with van der Waals surface area (Å²) in [5.74, 6) is -0.0427. The van der Waals surface area contributed by atoms with E-state index in [1.807, 2.05) is 17.7 Å². The number of aromatic nitrogens is 4. The molecule has 2 aromatic heterocycles. The van der Waals surface area contributed by atoms with Crippen molar-refractivity contribution in [2.45, 2.75) is 20.0 Å². The second kappa shape index (κ2) is 5.03. The Morgan fingerprint density at radius 2 is 2.06 bits per heavy atom. The van der Waals surface area contributed by atoms with E-state index in [4.69, 9.17) is 0 Å². The van der Waals surface area contributed by atoms with Gasteiger partial charge in [-0.15, -0.1) is 0 Å². The van der Waals surface area contributed by atoms with Crippen LogP contribution in [0.5, 0.6) is 0 Å². The van der Waals surface area contributed by atoms with Crippen molar-refractivity contribution in [1.82, 2.24) is 24.5 Å². The van der Waals surface area contributed by atoms with Gasteiger partial charge in [0.1, 0.15) is 5.69 Å². The highest BCUT2D eigenvalue weighted by molar-refractivity contribution is 5.92. The molecule has 0 unspecified atom stereocenters. The van der Waals surface area contributed by atoms with Crippen LogP contribution < -0.4 is 0 Å². The lowest BCUT2D eigenvalue weighted by atomic mass is 10.3. The van der Waals surface area contributed by atoms with Gasteiger partial charge in [0.05, 0.1) is 12.2 Å². The third-order valence-corrected chi connectivity index (χ3v) is 2.89. The molecule has 0 spiro atoms. The van der Waals surface area contributed by atoms with Crippen LogP contribution in [-0.2, 0) is 20.1 Å². The van der Waals surface area contributed by atoms with E-state index in [1.165, 1.54) is 0 Å². The maximum atomic E-state index is 12.2. The summed E-state index contributed by atoms with van der Waals surface area (Å²) < 4.78 is 3.46. The molecule has 0 bridgehead atoms. The Kier molecular flexibility index (Phi) is 3.45. The summed E-state index contributed by atoms with van der Waals surface area (Å²) in [5, 5.41) is 8.19. The summed E-state index contributed by atoms with van der Waals surface area (Å²) in [5.41, 5.74) is 1.61. The van der Waals surface area contributed by atoms with E-state index >= 15 is 0 Å². The highest BCUT2D eigenvalue weighted by Crippen LogP contribution is 2.07. The van der Waals surface area contributed by atoms with E-state index < -0.39 is 0 Å². The van der Waals surface area contributed by atoms with E-state index in [9.17, 15) is 4.79 Å². The van der Waals surface area contributed by atoms with Crippen molar-refractivity contribution in [3.63, 3.8) is 0 Å². The molecule has 0 aliphatic heterocycles. The van der Waals surface area contributed by atoms with Crippen LogP contribution in [0.3, 0.4) is 0 Å². The minimum atomic E-state index is -0.0427. The normalized spacial score (nSPS) is 10.6. The van der Waals surface area contributed by atoms with E-state index in [2.05, 4.69) is 10.2 Å². The number of aryl methyl sites for hydroxylation is 2. The first-order valence-corrected chi connectivity index (χ1v) is 5.87. The monoisotopic (exact) mass is 247 g/mol. The predicted molar refractivity (Wildman–Crippen MR) is 66.9 cm³/mol. The molecule has 0 N–H and O–H groups in total. The van der Waals surface area contributed by atoms with Crippen molar-refractivity contribution in [3.8, 4) is 0 Å². The van der Waals surface area contributed by atoms with Crippen LogP contribution in [0.2, 0.25) is 0 Å². The zero-order valence-electron chi connectivity index (χ0n) is 10.9. The molecular formula is C12H17N5O. The molecule has 2 aromatic rings. The summed E-state index contributed by atoms with van der Waals surface area (Å²) in [6, 6.07) is 3.65. The number of hydrogen-bond donors (Lipinski definition) is 0. The minimum absolute atomic E-state index is 0.0427. The third-order valence-electron chi connectivity index (χ3n) is 2.89. The van der Waals surface area contributed by atoms with Crippen LogP contribution in [0.1, 0.15) is 23.1 Å². The average molecular weight is 247 g/mol. The number of carbonyl (C=O) groups excluding carboxylic acids is 1. The van der Waals surface area contributed by atoms with Crippen molar-refractivity contribution < 1.29 is 4.79 Å². The molecule has 0 aliphatic carbocycles. The number of hydrogen-bond acceptors (Lipinski definition) is 3. The van der Waals surface area contributed by atoms with E-state index in [-0.39, 0.29) is 5.91 Å². The van der Waals surface area contributed by atoms with Crippen LogP contribution in [0.25, 0.3) is 0 Å². The largest absolute Gasteiger partial charge is 0.334 e. The van der Waals surface area contributed by atoms with Gasteiger partial charge in [-0.25, -0.2) is 0 Å². The van der Waals surface area contributed by atoms with Gasteiger partial charge in [-0.3, -0.25) is 14.2 Å². The fraction of sp³-hybridized carbons (Fsp3) is 0.417. The van der Waals surface area contributed by atoms with Gasteiger partial charge in [0.25, 0.3) is 5.91 Å². The molecule has 6 nitrogen and oxygen atoms in total. The summed E-state index contributed by atoms with van der Waals surface area (Å²) in [6.07, 6.45) is 3.37. The van der Waals surface area contributed by atoms with Gasteiger partial charge in [0, 0.05) is 33.0 Å². The Balaban J connectivity index is 2.11. The van der Waals surface area contributed by atoms with Gasteiger partial charge < -0.3 is 4.90 Å². The molecular weight excluding hydrogens is 230 g/mol. The van der Waals surface area contributed by atoms with Gasteiger partial charge in [-0.2, -0.15) is 10.2 Å². The second-order valence-corrected chi connectivity index (χ2v) is 4.14. The standard InChI is InChI=1S/C12H17N5O/c1-4-17-10(5-7-14-17)9-15(2)12(18)11-6-8-13-16(11)3/h5-8H,4,9H2,1-3H3. The smallest absolute Gasteiger partial charge is 0.272 e. The van der Waals surface area contributed by atoms with Crippen molar-refractivity contribution in [2.24, 2.45) is 7.05 Å². The molecule has 0 aliphatic rings. The first-order valence-electron chi connectivity index (χ1n) is 5.87. The van der Waals surface area contributed by atoms with E-state index in [0.29, 0.717) is 12.2 Å². The zero-order chi connectivity index (χ0) is 13.1. The van der Waals surface area contributed by atoms with Crippen molar-refractivity contribution in [1.29, 1.82) is 0 Å². The highest BCUT2D eigenvalue weighted by atomic mass is 16.2. The Bertz CT molecular complexity index is 542. The van der Waals surface area contributed by atoms with Crippen LogP contribution in [0.15, 0.2) is 24.5 Å². The first kappa shape index (κ1) is 12.3. The molecule has 1 amide bonds. The Labute approximate surface area is 106 Å². The van der Waals surface area contributed by atoms with E-state index in [1.54, 1.807) is 42.1 Å². The molecule has 2 heterocycles. The fourth-order valence-corrected chi connectivity index (χ4v) is 1.87. The van der Waals surface area contributed by atoms with Crippen molar-refractivity contribution >= 4 is 5.91 Å². The topological polar surface area (TPSA) is 56.0 Å². The van der Waals surface area contributed by atoms with Gasteiger partial charge in [-0.1, -0.05) is 0 Å². The Morgan fingerprint density at radius 3 is 2.67 bits per heavy atom. The molecule has 18 heavy (non-hydrogen) atoms. The lowest BCUT2D eigenvalue weighted by Gasteiger charge is -2.17. The third kappa shape index (κ3) is 2.27. The molecule has 96 valence electrons. The highest BCUT2D eigenvalue weighted by Gasteiger charge is 2.16. The van der Waals surface area contributed by atoms with Crippen LogP contribution in [0, 0.1) is 0 Å². The maximum absolute atomic E-state index is 12.2. The first-order chi connectivity index (χ1) is 8.63. The molecule has 0 atom stereocenters. The molecule has 0 radical (unpaired) electrons. The maximum Gasteiger partial charge on any atom is 0.272 e. The number of amides is 1. The fourth-order valence-electron chi connectivity index (χ4n) is 1.87. The van der Waals surface area contributed by atoms with Gasteiger partial charge in [-0.05, 0) is 19.1 Å². The number of nitrogens with zero attached hydrogens (tertiary/aromatic N) is 5. The molecule has 2 rings (SSSR count). The van der Waals surface area contributed by atoms with E-state index in [0.717, 1.165) is 12.2 Å². The summed E-state index contributed by atoms with van der Waals surface area (Å²) in [4.78, 5) is 13.9. The summed E-state index contributed by atoms with van der Waals surface area (Å²) in [6.45, 7) is 3.37. The molecule has 6 heteroatoms. The van der Waals surface area contributed by atoms with Crippen LogP contribution >= 0.6 is 0 Å². The molecule has 0 saturated heterocycles. The molecule has 0 fully saturated rings. The lowest BCUT2D eigenvalue weighted by Crippen LogP contribution is -2.29. The summed E-state index contributed by atoms with van der Waals surface area (Å²) in [7, 11) is 3.54. The van der Waals surface area contributed by atoms with Crippen molar-refractivity contribution in [3.05, 3.63) is 35.9 Å². The van der Waals surface area contributed by atoms with Gasteiger partial charge >= 0.3 is 0 Å². The molecule has 0 saturated carbocycles. The zero-order valence-corrected chi connectivity index (χ0v) is 10.9. The SMILES string of the molecule is CCn1nccc1CN(C)C(=O)c1ccnn1C. The Morgan fingerprint density at radius 1 is 1.33 bits per heavy atom. The minimum Gasteiger partial charge on any atom is -0.334 e. The number of rotatable bonds is 4.